The number of nitrogens with one attached hydrogen (secondary N) is 1. The van der Waals surface area contributed by atoms with Crippen molar-refractivity contribution >= 4 is 23.6 Å². The Kier molecular flexibility index (Phi) is 6.09. The number of hydrogen-bond acceptors (Lipinski definition) is 9. The van der Waals surface area contributed by atoms with Crippen LogP contribution in [0.4, 0.5) is 11.9 Å². The molecule has 4 heterocycles. The maximum Gasteiger partial charge on any atom is 0.259 e. The molecule has 0 radical (unpaired) electrons. The number of hydrogen-bond donors (Lipinski definition) is 2. The van der Waals surface area contributed by atoms with Crippen molar-refractivity contribution in [3.63, 3.8) is 0 Å². The van der Waals surface area contributed by atoms with Crippen molar-refractivity contribution in [1.82, 2.24) is 34.4 Å². The summed E-state index contributed by atoms with van der Waals surface area (Å²) in [7, 11) is 0. The third-order valence-corrected chi connectivity index (χ3v) is 5.99. The molecule has 1 aromatic carbocycles. The number of amides is 1. The van der Waals surface area contributed by atoms with Crippen molar-refractivity contribution in [2.75, 3.05) is 43.8 Å². The topological polar surface area (TPSA) is 131 Å². The van der Waals surface area contributed by atoms with Crippen molar-refractivity contribution in [3.05, 3.63) is 54.3 Å². The second-order valence-electron chi connectivity index (χ2n) is 8.18. The summed E-state index contributed by atoms with van der Waals surface area (Å²) in [6.07, 6.45) is 2.04. The molecule has 3 aromatic heterocycles. The number of aromatic nitrogens is 5. The Bertz CT molecular complexity index is 1250. The highest BCUT2D eigenvalue weighted by Crippen LogP contribution is 2.19. The number of nitrogen functional groups attached to an aromatic ring is 1. The lowest BCUT2D eigenvalue weighted by atomic mass is 10.0. The van der Waals surface area contributed by atoms with Gasteiger partial charge in [0.1, 0.15) is 6.04 Å². The summed E-state index contributed by atoms with van der Waals surface area (Å²) in [4.78, 5) is 31.0. The van der Waals surface area contributed by atoms with E-state index in [4.69, 9.17) is 10.2 Å². The molecule has 0 unspecified atom stereocenters. The molecule has 5 rings (SSSR count). The van der Waals surface area contributed by atoms with E-state index in [-0.39, 0.29) is 23.6 Å². The van der Waals surface area contributed by atoms with Crippen LogP contribution < -0.4 is 11.1 Å². The first-order valence-corrected chi connectivity index (χ1v) is 11.4. The largest absolute Gasteiger partial charge is 0.461 e. The molecule has 1 saturated heterocycles. The molecule has 1 aliphatic rings. The van der Waals surface area contributed by atoms with Gasteiger partial charge in [-0.05, 0) is 24.2 Å². The van der Waals surface area contributed by atoms with Gasteiger partial charge in [0.05, 0.1) is 6.26 Å². The van der Waals surface area contributed by atoms with E-state index in [2.05, 4.69) is 37.2 Å². The van der Waals surface area contributed by atoms with E-state index in [0.717, 1.165) is 25.2 Å². The highest BCUT2D eigenvalue weighted by molar-refractivity contribution is 5.85. The summed E-state index contributed by atoms with van der Waals surface area (Å²) < 4.78 is 6.72. The Balaban J connectivity index is 1.41. The fourth-order valence-electron chi connectivity index (χ4n) is 4.09. The molecule has 11 heteroatoms. The van der Waals surface area contributed by atoms with Gasteiger partial charge in [-0.2, -0.15) is 19.5 Å². The van der Waals surface area contributed by atoms with Crippen LogP contribution >= 0.6 is 0 Å². The molecule has 0 aliphatic carbocycles. The predicted molar refractivity (Wildman–Crippen MR) is 127 cm³/mol. The second-order valence-corrected chi connectivity index (χ2v) is 8.18. The summed E-state index contributed by atoms with van der Waals surface area (Å²) in [5.41, 5.74) is 7.18. The molecule has 11 nitrogen and oxygen atoms in total. The smallest absolute Gasteiger partial charge is 0.259 e. The number of piperazine rings is 1. The van der Waals surface area contributed by atoms with E-state index >= 15 is 0 Å². The third kappa shape index (κ3) is 4.55. The van der Waals surface area contributed by atoms with E-state index in [1.54, 1.807) is 18.4 Å². The van der Waals surface area contributed by atoms with Crippen molar-refractivity contribution in [3.8, 4) is 11.6 Å². The van der Waals surface area contributed by atoms with Gasteiger partial charge in [0.15, 0.2) is 5.76 Å². The molecule has 0 bridgehead atoms. The maximum atomic E-state index is 13.5. The van der Waals surface area contributed by atoms with Gasteiger partial charge in [-0.1, -0.05) is 37.3 Å². The minimum atomic E-state index is -0.551. The van der Waals surface area contributed by atoms with Crippen LogP contribution in [-0.2, 0) is 11.2 Å². The van der Waals surface area contributed by atoms with Crippen molar-refractivity contribution in [1.29, 1.82) is 0 Å². The van der Waals surface area contributed by atoms with E-state index in [9.17, 15) is 4.79 Å². The van der Waals surface area contributed by atoms with Gasteiger partial charge in [-0.15, -0.1) is 5.10 Å². The highest BCUT2D eigenvalue weighted by atomic mass is 16.3. The molecule has 176 valence electrons. The lowest BCUT2D eigenvalue weighted by molar-refractivity contribution is -0.133. The van der Waals surface area contributed by atoms with E-state index in [1.807, 2.05) is 35.2 Å². The number of carbonyl (C=O) groups is 1. The summed E-state index contributed by atoms with van der Waals surface area (Å²) in [6.45, 7) is 6.24. The van der Waals surface area contributed by atoms with E-state index < -0.39 is 6.04 Å². The number of furan rings is 1. The zero-order valence-corrected chi connectivity index (χ0v) is 19.0. The van der Waals surface area contributed by atoms with Crippen LogP contribution in [0, 0.1) is 0 Å². The summed E-state index contributed by atoms with van der Waals surface area (Å²) >= 11 is 0. The van der Waals surface area contributed by atoms with Crippen LogP contribution in [0.1, 0.15) is 12.5 Å². The van der Waals surface area contributed by atoms with Crippen LogP contribution in [0.2, 0.25) is 0 Å². The second kappa shape index (κ2) is 9.48. The molecule has 3 N–H and O–H groups in total. The molecule has 1 aliphatic heterocycles. The number of fused-ring (bicyclic) bond motifs is 1. The monoisotopic (exact) mass is 461 g/mol. The number of nitrogens with two attached hydrogens (primary N) is 1. The molecule has 0 spiro atoms. The standard InChI is InChI=1S/C23H27N9O2/c1-2-30-10-12-31(13-11-30)20(33)17(15-16-7-4-3-5-8-16)25-22-27-21(24)32-23(28-22)26-19(29-32)18-9-6-14-34-18/h3-9,14,17H,2,10-13,15H2,1H3,(H3,24,25,26,27,28,29)/t17-/m0/s1. The number of anilines is 2. The number of likely N-dealkylation sites (N-methyl/N-ethyl adjacent to an activating group) is 1. The van der Waals surface area contributed by atoms with Crippen molar-refractivity contribution < 1.29 is 9.21 Å². The first-order chi connectivity index (χ1) is 16.6. The molecule has 1 atom stereocenters. The summed E-state index contributed by atoms with van der Waals surface area (Å²) in [5, 5.41) is 7.54. The molecule has 4 aromatic rings. The van der Waals surface area contributed by atoms with Crippen LogP contribution in [0.15, 0.2) is 53.1 Å². The first kappa shape index (κ1) is 21.8. The minimum Gasteiger partial charge on any atom is -0.461 e. The summed E-state index contributed by atoms with van der Waals surface area (Å²) in [6, 6.07) is 12.8. The number of carbonyl (C=O) groups excluding carboxylic acids is 1. The van der Waals surface area contributed by atoms with Gasteiger partial charge in [0.25, 0.3) is 5.78 Å². The highest BCUT2D eigenvalue weighted by Gasteiger charge is 2.28. The average molecular weight is 462 g/mol. The SMILES string of the molecule is CCN1CCN(C(=O)[C@H](Cc2ccccc2)Nc2nc(N)n3nc(-c4ccco4)nc3n2)CC1. The Hall–Kier alpha value is -3.99. The zero-order valence-electron chi connectivity index (χ0n) is 19.0. The first-order valence-electron chi connectivity index (χ1n) is 11.4. The van der Waals surface area contributed by atoms with Gasteiger partial charge in [0, 0.05) is 32.6 Å². The quantitative estimate of drug-likeness (QED) is 0.421. The van der Waals surface area contributed by atoms with Gasteiger partial charge in [-0.25, -0.2) is 0 Å². The average Bonchev–Trinajstić information content (AvgIpc) is 3.54. The minimum absolute atomic E-state index is 0.0133. The van der Waals surface area contributed by atoms with Gasteiger partial charge in [0.2, 0.25) is 23.6 Å². The Morgan fingerprint density at radius 2 is 1.88 bits per heavy atom. The van der Waals surface area contributed by atoms with Gasteiger partial charge in [-0.3, -0.25) is 4.79 Å². The summed E-state index contributed by atoms with van der Waals surface area (Å²) in [5.74, 6) is 1.48. The van der Waals surface area contributed by atoms with Crippen LogP contribution in [0.25, 0.3) is 17.4 Å². The number of benzene rings is 1. The molecular formula is C23H27N9O2. The Morgan fingerprint density at radius 3 is 2.59 bits per heavy atom. The van der Waals surface area contributed by atoms with Crippen molar-refractivity contribution in [2.45, 2.75) is 19.4 Å². The van der Waals surface area contributed by atoms with Crippen LogP contribution in [0.5, 0.6) is 0 Å². The molecule has 1 amide bonds. The lowest BCUT2D eigenvalue weighted by Gasteiger charge is -2.36. The van der Waals surface area contributed by atoms with Gasteiger partial charge < -0.3 is 25.3 Å². The molecule has 0 saturated carbocycles. The lowest BCUT2D eigenvalue weighted by Crippen LogP contribution is -2.53. The molecule has 1 fully saturated rings. The Morgan fingerprint density at radius 1 is 1.09 bits per heavy atom. The number of rotatable bonds is 7. The molecular weight excluding hydrogens is 434 g/mol. The van der Waals surface area contributed by atoms with Crippen molar-refractivity contribution in [2.24, 2.45) is 0 Å². The van der Waals surface area contributed by atoms with Crippen LogP contribution in [0.3, 0.4) is 0 Å². The van der Waals surface area contributed by atoms with E-state index in [0.29, 0.717) is 31.1 Å². The van der Waals surface area contributed by atoms with Crippen LogP contribution in [-0.4, -0.2) is 79.0 Å². The zero-order chi connectivity index (χ0) is 23.5. The maximum absolute atomic E-state index is 13.5. The number of nitrogens with zero attached hydrogens (tertiary/aromatic N) is 7. The third-order valence-electron chi connectivity index (χ3n) is 5.99. The Labute approximate surface area is 196 Å². The fraction of sp³-hybridized carbons (Fsp3) is 0.348. The molecule has 34 heavy (non-hydrogen) atoms. The fourth-order valence-corrected chi connectivity index (χ4v) is 4.09. The normalized spacial score (nSPS) is 15.5. The predicted octanol–water partition coefficient (Wildman–Crippen LogP) is 1.55. The van der Waals surface area contributed by atoms with E-state index in [1.165, 1.54) is 4.52 Å². The van der Waals surface area contributed by atoms with Gasteiger partial charge >= 0.3 is 0 Å².